The third-order valence-electron chi connectivity index (χ3n) is 2.13. The van der Waals surface area contributed by atoms with E-state index in [-0.39, 0.29) is 6.04 Å². The zero-order valence-corrected chi connectivity index (χ0v) is 7.19. The third kappa shape index (κ3) is 2.81. The van der Waals surface area contributed by atoms with Gasteiger partial charge in [0.15, 0.2) is 0 Å². The summed E-state index contributed by atoms with van der Waals surface area (Å²) in [6.07, 6.45) is 0.252. The number of amides is 3. The Morgan fingerprint density at radius 3 is 2.31 bits per heavy atom. The molecule has 1 aliphatic rings. The van der Waals surface area contributed by atoms with E-state index in [1.165, 1.54) is 4.90 Å². The fourth-order valence-corrected chi connectivity index (χ4v) is 1.42. The summed E-state index contributed by atoms with van der Waals surface area (Å²) in [6.45, 7) is 1.06. The van der Waals surface area contributed by atoms with E-state index < -0.39 is 12.1 Å². The summed E-state index contributed by atoms with van der Waals surface area (Å²) in [4.78, 5) is 22.5. The monoisotopic (exact) mass is 187 g/mol. The average Bonchev–Trinajstić information content (AvgIpc) is 2.04. The van der Waals surface area contributed by atoms with Gasteiger partial charge in [0, 0.05) is 19.1 Å². The molecule has 1 heterocycles. The number of primary amides is 1. The third-order valence-corrected chi connectivity index (χ3v) is 2.13. The van der Waals surface area contributed by atoms with Crippen LogP contribution in [0.2, 0.25) is 0 Å². The number of carbonyl (C=O) groups excluding carboxylic acids is 1. The standard InChI is InChI=1S/C7H13N3O3/c8-6(11)10-3-1-5(2-4-10)9-7(12)13/h5,9H,1-4H2,(H2,8,11)(H,12,13). The number of carbonyl (C=O) groups is 2. The van der Waals surface area contributed by atoms with Crippen LogP contribution in [0.4, 0.5) is 9.59 Å². The summed E-state index contributed by atoms with van der Waals surface area (Å²) in [5.41, 5.74) is 5.06. The Hall–Kier alpha value is -1.46. The van der Waals surface area contributed by atoms with Crippen molar-refractivity contribution in [1.82, 2.24) is 10.2 Å². The maximum atomic E-state index is 10.7. The van der Waals surface area contributed by atoms with Crippen LogP contribution in [0.1, 0.15) is 12.8 Å². The van der Waals surface area contributed by atoms with Crippen molar-refractivity contribution in [2.75, 3.05) is 13.1 Å². The highest BCUT2D eigenvalue weighted by Crippen LogP contribution is 2.09. The number of nitrogens with one attached hydrogen (secondary N) is 1. The molecule has 0 aromatic heterocycles. The lowest BCUT2D eigenvalue weighted by atomic mass is 10.1. The maximum Gasteiger partial charge on any atom is 0.404 e. The molecule has 6 heteroatoms. The van der Waals surface area contributed by atoms with Crippen molar-refractivity contribution in [3.05, 3.63) is 0 Å². The number of nitrogens with two attached hydrogens (primary N) is 1. The fraction of sp³-hybridized carbons (Fsp3) is 0.714. The fourth-order valence-electron chi connectivity index (χ4n) is 1.42. The zero-order valence-electron chi connectivity index (χ0n) is 7.19. The second-order valence-electron chi connectivity index (χ2n) is 3.05. The largest absolute Gasteiger partial charge is 0.465 e. The first-order valence-corrected chi connectivity index (χ1v) is 4.13. The number of hydrogen-bond donors (Lipinski definition) is 3. The average molecular weight is 187 g/mol. The predicted octanol–water partition coefficient (Wildman–Crippen LogP) is -0.203. The van der Waals surface area contributed by atoms with E-state index in [9.17, 15) is 9.59 Å². The number of nitrogens with zero attached hydrogens (tertiary/aromatic N) is 1. The first kappa shape index (κ1) is 9.63. The van der Waals surface area contributed by atoms with Crippen LogP contribution in [0.5, 0.6) is 0 Å². The van der Waals surface area contributed by atoms with Crippen LogP contribution in [0.15, 0.2) is 0 Å². The van der Waals surface area contributed by atoms with E-state index in [0.717, 1.165) is 0 Å². The molecule has 0 bridgehead atoms. The van der Waals surface area contributed by atoms with Crippen molar-refractivity contribution in [1.29, 1.82) is 0 Å². The minimum atomic E-state index is -1.02. The van der Waals surface area contributed by atoms with Crippen molar-refractivity contribution in [3.63, 3.8) is 0 Å². The van der Waals surface area contributed by atoms with E-state index >= 15 is 0 Å². The normalized spacial score (nSPS) is 18.3. The quantitative estimate of drug-likeness (QED) is 0.530. The van der Waals surface area contributed by atoms with Crippen LogP contribution in [-0.2, 0) is 0 Å². The SMILES string of the molecule is NC(=O)N1CCC(NC(=O)O)CC1. The van der Waals surface area contributed by atoms with Gasteiger partial charge in [-0.1, -0.05) is 0 Å². The van der Waals surface area contributed by atoms with Crippen LogP contribution >= 0.6 is 0 Å². The molecule has 1 fully saturated rings. The number of carboxylic acid groups (broad SMARTS) is 1. The van der Waals surface area contributed by atoms with E-state index in [4.69, 9.17) is 10.8 Å². The number of hydrogen-bond acceptors (Lipinski definition) is 2. The highest BCUT2D eigenvalue weighted by Gasteiger charge is 2.21. The van der Waals surface area contributed by atoms with Crippen molar-refractivity contribution in [3.8, 4) is 0 Å². The summed E-state index contributed by atoms with van der Waals surface area (Å²) in [5, 5.41) is 10.8. The van der Waals surface area contributed by atoms with Gasteiger partial charge in [-0.2, -0.15) is 0 Å². The van der Waals surface area contributed by atoms with Gasteiger partial charge in [-0.3, -0.25) is 0 Å². The molecule has 0 radical (unpaired) electrons. The second-order valence-corrected chi connectivity index (χ2v) is 3.05. The molecular weight excluding hydrogens is 174 g/mol. The van der Waals surface area contributed by atoms with Gasteiger partial charge in [0.05, 0.1) is 0 Å². The Bertz CT molecular complexity index is 211. The number of rotatable bonds is 1. The van der Waals surface area contributed by atoms with Gasteiger partial charge in [0.2, 0.25) is 0 Å². The summed E-state index contributed by atoms with van der Waals surface area (Å²) in [5.74, 6) is 0. The lowest BCUT2D eigenvalue weighted by Crippen LogP contribution is -2.47. The molecule has 6 nitrogen and oxygen atoms in total. The molecule has 0 aromatic carbocycles. The lowest BCUT2D eigenvalue weighted by molar-refractivity contribution is 0.170. The smallest absolute Gasteiger partial charge is 0.404 e. The summed E-state index contributed by atoms with van der Waals surface area (Å²) in [6, 6.07) is -0.484. The molecule has 3 amide bonds. The zero-order chi connectivity index (χ0) is 9.84. The molecule has 13 heavy (non-hydrogen) atoms. The molecule has 74 valence electrons. The first-order chi connectivity index (χ1) is 6.09. The Morgan fingerprint density at radius 1 is 1.38 bits per heavy atom. The van der Waals surface area contributed by atoms with Gasteiger partial charge in [0.1, 0.15) is 0 Å². The van der Waals surface area contributed by atoms with Gasteiger partial charge in [-0.05, 0) is 12.8 Å². The summed E-state index contributed by atoms with van der Waals surface area (Å²) < 4.78 is 0. The van der Waals surface area contributed by atoms with Crippen LogP contribution in [-0.4, -0.2) is 41.3 Å². The Kier molecular flexibility index (Phi) is 2.94. The highest BCUT2D eigenvalue weighted by molar-refractivity contribution is 5.72. The van der Waals surface area contributed by atoms with Crippen molar-refractivity contribution >= 4 is 12.1 Å². The lowest BCUT2D eigenvalue weighted by Gasteiger charge is -2.30. The van der Waals surface area contributed by atoms with E-state index in [2.05, 4.69) is 5.32 Å². The van der Waals surface area contributed by atoms with Gasteiger partial charge in [0.25, 0.3) is 0 Å². The molecule has 0 atom stereocenters. The molecule has 1 saturated heterocycles. The molecule has 0 aliphatic carbocycles. The number of likely N-dealkylation sites (tertiary alicyclic amines) is 1. The van der Waals surface area contributed by atoms with Crippen molar-refractivity contribution < 1.29 is 14.7 Å². The number of urea groups is 1. The summed E-state index contributed by atoms with van der Waals surface area (Å²) >= 11 is 0. The van der Waals surface area contributed by atoms with Crippen LogP contribution in [0.25, 0.3) is 0 Å². The Balaban J connectivity index is 2.30. The Morgan fingerprint density at radius 2 is 1.92 bits per heavy atom. The van der Waals surface area contributed by atoms with E-state index in [1.807, 2.05) is 0 Å². The molecule has 1 aliphatic heterocycles. The van der Waals surface area contributed by atoms with Gasteiger partial charge >= 0.3 is 12.1 Å². The topological polar surface area (TPSA) is 95.7 Å². The molecule has 0 spiro atoms. The van der Waals surface area contributed by atoms with Gasteiger partial charge < -0.3 is 21.1 Å². The van der Waals surface area contributed by atoms with Crippen LogP contribution in [0.3, 0.4) is 0 Å². The molecule has 0 saturated carbocycles. The van der Waals surface area contributed by atoms with E-state index in [1.54, 1.807) is 0 Å². The van der Waals surface area contributed by atoms with Crippen molar-refractivity contribution in [2.24, 2.45) is 5.73 Å². The van der Waals surface area contributed by atoms with Crippen LogP contribution in [0, 0.1) is 0 Å². The van der Waals surface area contributed by atoms with Crippen LogP contribution < -0.4 is 11.1 Å². The molecule has 0 unspecified atom stereocenters. The summed E-state index contributed by atoms with van der Waals surface area (Å²) in [7, 11) is 0. The van der Waals surface area contributed by atoms with Gasteiger partial charge in [-0.25, -0.2) is 9.59 Å². The molecule has 0 aromatic rings. The molecule has 1 rings (SSSR count). The predicted molar refractivity (Wildman–Crippen MR) is 45.3 cm³/mol. The van der Waals surface area contributed by atoms with E-state index in [0.29, 0.717) is 25.9 Å². The Labute approximate surface area is 75.7 Å². The maximum absolute atomic E-state index is 10.7. The minimum absolute atomic E-state index is 0.0481. The molecular formula is C7H13N3O3. The molecule has 4 N–H and O–H groups in total. The minimum Gasteiger partial charge on any atom is -0.465 e. The number of piperidine rings is 1. The second kappa shape index (κ2) is 3.97. The van der Waals surface area contributed by atoms with Gasteiger partial charge in [-0.15, -0.1) is 0 Å². The first-order valence-electron chi connectivity index (χ1n) is 4.13. The van der Waals surface area contributed by atoms with Crippen molar-refractivity contribution in [2.45, 2.75) is 18.9 Å². The highest BCUT2D eigenvalue weighted by atomic mass is 16.4.